The highest BCUT2D eigenvalue weighted by atomic mass is 35.5. The molecule has 0 bridgehead atoms. The molecule has 4 aromatic carbocycles. The van der Waals surface area contributed by atoms with Crippen LogP contribution in [-0.2, 0) is 4.79 Å². The van der Waals surface area contributed by atoms with Crippen molar-refractivity contribution in [2.75, 3.05) is 24.3 Å². The van der Waals surface area contributed by atoms with Crippen molar-refractivity contribution in [3.63, 3.8) is 0 Å². The molecule has 0 fully saturated rings. The van der Waals surface area contributed by atoms with E-state index in [0.29, 0.717) is 33.4 Å². The molecule has 212 valence electrons. The average molecular weight is 579 g/mol. The normalized spacial score (nSPS) is 10.8. The molecule has 7 nitrogen and oxygen atoms in total. The van der Waals surface area contributed by atoms with Crippen molar-refractivity contribution in [2.45, 2.75) is 20.8 Å². The maximum atomic E-state index is 12.8. The number of esters is 1. The minimum absolute atomic E-state index is 0.246. The van der Waals surface area contributed by atoms with Crippen LogP contribution in [0.1, 0.15) is 28.4 Å². The number of amides is 1. The number of halogens is 1. The molecule has 0 saturated heterocycles. The Morgan fingerprint density at radius 2 is 1.50 bits per heavy atom. The van der Waals surface area contributed by atoms with Crippen LogP contribution in [0.3, 0.4) is 0 Å². The number of hydrogen-bond donors (Lipinski definition) is 1. The molecular formula is C34H31ClN4O3. The summed E-state index contributed by atoms with van der Waals surface area (Å²) in [5.41, 5.74) is 8.06. The Bertz CT molecular complexity index is 1760. The number of rotatable bonds is 7. The van der Waals surface area contributed by atoms with Crippen LogP contribution in [-0.4, -0.2) is 35.8 Å². The molecule has 5 rings (SSSR count). The largest absolute Gasteiger partial charge is 0.407 e. The van der Waals surface area contributed by atoms with Crippen LogP contribution in [0, 0.1) is 13.8 Å². The second-order valence-electron chi connectivity index (χ2n) is 10.3. The lowest BCUT2D eigenvalue weighted by atomic mass is 10.0. The van der Waals surface area contributed by atoms with Crippen molar-refractivity contribution >= 4 is 34.9 Å². The third-order valence-electron chi connectivity index (χ3n) is 6.86. The van der Waals surface area contributed by atoms with E-state index in [2.05, 4.69) is 11.4 Å². The second-order valence-corrected chi connectivity index (χ2v) is 10.7. The van der Waals surface area contributed by atoms with Gasteiger partial charge in [0.2, 0.25) is 5.88 Å². The highest BCUT2D eigenvalue weighted by Gasteiger charge is 2.25. The summed E-state index contributed by atoms with van der Waals surface area (Å²) in [5, 5.41) is 8.49. The number of aromatic nitrogens is 2. The van der Waals surface area contributed by atoms with Crippen molar-refractivity contribution in [2.24, 2.45) is 0 Å². The molecule has 0 aliphatic rings. The summed E-state index contributed by atoms with van der Waals surface area (Å²) in [6.45, 7) is 5.41. The van der Waals surface area contributed by atoms with Gasteiger partial charge in [0.15, 0.2) is 0 Å². The number of carbonyl (C=O) groups excluding carboxylic acids is 2. The van der Waals surface area contributed by atoms with E-state index in [1.807, 2.05) is 93.5 Å². The second kappa shape index (κ2) is 11.9. The van der Waals surface area contributed by atoms with E-state index in [4.69, 9.17) is 21.4 Å². The van der Waals surface area contributed by atoms with Gasteiger partial charge in [0, 0.05) is 48.5 Å². The van der Waals surface area contributed by atoms with E-state index in [9.17, 15) is 9.59 Å². The van der Waals surface area contributed by atoms with E-state index in [0.717, 1.165) is 33.6 Å². The fourth-order valence-electron chi connectivity index (χ4n) is 4.74. The smallest absolute Gasteiger partial charge is 0.309 e. The summed E-state index contributed by atoms with van der Waals surface area (Å²) in [7, 11) is 3.98. The monoisotopic (exact) mass is 578 g/mol. The zero-order valence-electron chi connectivity index (χ0n) is 24.1. The quantitative estimate of drug-likeness (QED) is 0.200. The Kier molecular flexibility index (Phi) is 8.13. The number of benzene rings is 4. The molecular weight excluding hydrogens is 548 g/mol. The Labute approximate surface area is 250 Å². The summed E-state index contributed by atoms with van der Waals surface area (Å²) in [6.07, 6.45) is 0. The van der Waals surface area contributed by atoms with Crippen LogP contribution in [0.5, 0.6) is 5.88 Å². The van der Waals surface area contributed by atoms with Gasteiger partial charge in [-0.15, -0.1) is 0 Å². The van der Waals surface area contributed by atoms with Gasteiger partial charge in [0.1, 0.15) is 5.69 Å². The van der Waals surface area contributed by atoms with Crippen molar-refractivity contribution < 1.29 is 14.3 Å². The molecule has 0 aliphatic heterocycles. The summed E-state index contributed by atoms with van der Waals surface area (Å²) in [6, 6.07) is 28.2. The Morgan fingerprint density at radius 1 is 0.857 bits per heavy atom. The fraction of sp³-hybridized carbons (Fsp3) is 0.147. The van der Waals surface area contributed by atoms with E-state index >= 15 is 0 Å². The highest BCUT2D eigenvalue weighted by Crippen LogP contribution is 2.42. The van der Waals surface area contributed by atoms with E-state index in [1.165, 1.54) is 6.92 Å². The predicted molar refractivity (Wildman–Crippen MR) is 169 cm³/mol. The van der Waals surface area contributed by atoms with E-state index < -0.39 is 5.97 Å². The summed E-state index contributed by atoms with van der Waals surface area (Å²) in [5.74, 6) is -0.382. The first-order chi connectivity index (χ1) is 20.1. The van der Waals surface area contributed by atoms with E-state index in [-0.39, 0.29) is 5.91 Å². The van der Waals surface area contributed by atoms with Crippen LogP contribution in [0.2, 0.25) is 5.02 Å². The third kappa shape index (κ3) is 6.06. The number of ether oxygens (including phenoxy) is 1. The van der Waals surface area contributed by atoms with Crippen LogP contribution >= 0.6 is 11.6 Å². The molecule has 0 atom stereocenters. The zero-order chi connectivity index (χ0) is 30.0. The molecule has 8 heteroatoms. The average Bonchev–Trinajstić information content (AvgIpc) is 3.31. The summed E-state index contributed by atoms with van der Waals surface area (Å²) < 4.78 is 7.56. The Morgan fingerprint density at radius 3 is 2.10 bits per heavy atom. The molecule has 1 N–H and O–H groups in total. The number of anilines is 2. The van der Waals surface area contributed by atoms with Crippen LogP contribution < -0.4 is 15.0 Å². The van der Waals surface area contributed by atoms with Gasteiger partial charge in [0.05, 0.1) is 11.3 Å². The number of nitrogens with zero attached hydrogens (tertiary/aromatic N) is 3. The van der Waals surface area contributed by atoms with Gasteiger partial charge in [-0.3, -0.25) is 9.59 Å². The van der Waals surface area contributed by atoms with Crippen molar-refractivity contribution in [3.05, 3.63) is 113 Å². The lowest BCUT2D eigenvalue weighted by Gasteiger charge is -2.13. The van der Waals surface area contributed by atoms with Crippen molar-refractivity contribution in [3.8, 4) is 34.0 Å². The molecule has 0 saturated carbocycles. The molecule has 1 aromatic heterocycles. The molecule has 1 amide bonds. The lowest BCUT2D eigenvalue weighted by molar-refractivity contribution is -0.132. The van der Waals surface area contributed by atoms with Gasteiger partial charge in [-0.2, -0.15) is 9.78 Å². The van der Waals surface area contributed by atoms with Gasteiger partial charge in [-0.25, -0.2) is 0 Å². The van der Waals surface area contributed by atoms with Crippen LogP contribution in [0.15, 0.2) is 91.0 Å². The minimum atomic E-state index is -0.455. The Hall–Kier alpha value is -4.88. The predicted octanol–water partition coefficient (Wildman–Crippen LogP) is 7.72. The first kappa shape index (κ1) is 28.6. The molecule has 0 unspecified atom stereocenters. The number of aryl methyl sites for hydroxylation is 2. The first-order valence-corrected chi connectivity index (χ1v) is 13.8. The third-order valence-corrected chi connectivity index (χ3v) is 7.11. The fourth-order valence-corrected chi connectivity index (χ4v) is 4.87. The molecule has 0 radical (unpaired) electrons. The number of hydrogen-bond acceptors (Lipinski definition) is 5. The molecule has 1 heterocycles. The zero-order valence-corrected chi connectivity index (χ0v) is 24.9. The molecule has 5 aromatic rings. The van der Waals surface area contributed by atoms with Gasteiger partial charge in [-0.1, -0.05) is 53.6 Å². The summed E-state index contributed by atoms with van der Waals surface area (Å²) in [4.78, 5) is 27.2. The maximum Gasteiger partial charge on any atom is 0.309 e. The molecule has 0 spiro atoms. The number of nitrogens with one attached hydrogen (secondary N) is 1. The number of carbonyl (C=O) groups is 2. The van der Waals surface area contributed by atoms with E-state index in [1.54, 1.807) is 28.9 Å². The molecule has 0 aliphatic carbocycles. The van der Waals surface area contributed by atoms with Gasteiger partial charge in [-0.05, 0) is 79.6 Å². The molecule has 42 heavy (non-hydrogen) atoms. The highest BCUT2D eigenvalue weighted by molar-refractivity contribution is 6.30. The Balaban J connectivity index is 1.63. The lowest BCUT2D eigenvalue weighted by Crippen LogP contribution is -2.11. The topological polar surface area (TPSA) is 76.5 Å². The van der Waals surface area contributed by atoms with Gasteiger partial charge >= 0.3 is 5.97 Å². The summed E-state index contributed by atoms with van der Waals surface area (Å²) >= 11 is 5.96. The van der Waals surface area contributed by atoms with Crippen molar-refractivity contribution in [1.29, 1.82) is 0 Å². The standard InChI is InChI=1S/C34H31ClN4O3/c1-21-6-19-30(22(2)20-21)39-34(42-23(3)40)31(32(37-39)25-11-17-29(18-12-25)38(4)5)24-9-15-28(16-10-24)36-33(41)26-7-13-27(35)14-8-26/h6-20H,1-5H3,(H,36,41). The first-order valence-electron chi connectivity index (χ1n) is 13.4. The maximum absolute atomic E-state index is 12.8. The van der Waals surface area contributed by atoms with Gasteiger partial charge in [0.25, 0.3) is 5.91 Å². The van der Waals surface area contributed by atoms with Crippen LogP contribution in [0.4, 0.5) is 11.4 Å². The van der Waals surface area contributed by atoms with Crippen molar-refractivity contribution in [1.82, 2.24) is 9.78 Å². The minimum Gasteiger partial charge on any atom is -0.407 e. The van der Waals surface area contributed by atoms with Crippen LogP contribution in [0.25, 0.3) is 28.1 Å². The SMILES string of the molecule is CC(=O)Oc1c(-c2ccc(NC(=O)c3ccc(Cl)cc3)cc2)c(-c2ccc(N(C)C)cc2)nn1-c1ccc(C)cc1C. The van der Waals surface area contributed by atoms with Gasteiger partial charge < -0.3 is 15.0 Å².